The highest BCUT2D eigenvalue weighted by Crippen LogP contribution is 2.19. The van der Waals surface area contributed by atoms with Gasteiger partial charge < -0.3 is 10.1 Å². The average molecular weight is 287 g/mol. The van der Waals surface area contributed by atoms with Crippen molar-refractivity contribution in [2.45, 2.75) is 26.4 Å². The molecule has 1 unspecified atom stereocenters. The molecule has 0 amide bonds. The summed E-state index contributed by atoms with van der Waals surface area (Å²) in [6.07, 6.45) is 0. The number of rotatable bonds is 6. The minimum absolute atomic E-state index is 0.0751. The van der Waals surface area contributed by atoms with Crippen LogP contribution in [0.25, 0.3) is 0 Å². The van der Waals surface area contributed by atoms with Crippen LogP contribution >= 0.6 is 11.3 Å². The number of nitriles is 1. The molecular formula is C15H17N3OS. The van der Waals surface area contributed by atoms with Crippen molar-refractivity contribution in [3.8, 4) is 11.8 Å². The van der Waals surface area contributed by atoms with E-state index in [-0.39, 0.29) is 12.6 Å². The Balaban J connectivity index is 1.92. The standard InChI is InChI=1S/C15H17N3OS/c1-11-10-20-15(18-11)12(2)17-9-13-4-3-5-14(8-13)19-7-6-16/h3-5,8,10,12,17H,7,9H2,1-2H3. The molecule has 1 aromatic heterocycles. The van der Waals surface area contributed by atoms with Crippen LogP contribution in [0.3, 0.4) is 0 Å². The number of thiazole rings is 1. The first-order valence-electron chi connectivity index (χ1n) is 6.43. The van der Waals surface area contributed by atoms with Crippen molar-refractivity contribution in [1.29, 1.82) is 5.26 Å². The minimum Gasteiger partial charge on any atom is -0.479 e. The molecule has 0 spiro atoms. The van der Waals surface area contributed by atoms with E-state index < -0.39 is 0 Å². The van der Waals surface area contributed by atoms with Gasteiger partial charge in [0.05, 0.1) is 6.04 Å². The van der Waals surface area contributed by atoms with Gasteiger partial charge in [0.2, 0.25) is 0 Å². The van der Waals surface area contributed by atoms with Gasteiger partial charge in [-0.1, -0.05) is 12.1 Å². The Morgan fingerprint density at radius 1 is 1.50 bits per heavy atom. The Morgan fingerprint density at radius 3 is 3.05 bits per heavy atom. The third kappa shape index (κ3) is 4.05. The van der Waals surface area contributed by atoms with Gasteiger partial charge >= 0.3 is 0 Å². The van der Waals surface area contributed by atoms with Crippen LogP contribution in [0.5, 0.6) is 5.75 Å². The maximum atomic E-state index is 8.51. The summed E-state index contributed by atoms with van der Waals surface area (Å²) in [4.78, 5) is 4.48. The highest BCUT2D eigenvalue weighted by molar-refractivity contribution is 7.09. The fourth-order valence-electron chi connectivity index (χ4n) is 1.79. The van der Waals surface area contributed by atoms with E-state index in [4.69, 9.17) is 10.00 Å². The van der Waals surface area contributed by atoms with Gasteiger partial charge in [-0.05, 0) is 31.5 Å². The first kappa shape index (κ1) is 14.5. The van der Waals surface area contributed by atoms with Crippen LogP contribution in [-0.4, -0.2) is 11.6 Å². The molecule has 0 saturated heterocycles. The molecule has 0 fully saturated rings. The Bertz CT molecular complexity index is 603. The zero-order chi connectivity index (χ0) is 14.4. The number of ether oxygens (including phenoxy) is 1. The SMILES string of the molecule is Cc1csc(C(C)NCc2cccc(OCC#N)c2)n1. The predicted molar refractivity (Wildman–Crippen MR) is 79.7 cm³/mol. The topological polar surface area (TPSA) is 57.9 Å². The first-order valence-corrected chi connectivity index (χ1v) is 7.31. The van der Waals surface area contributed by atoms with Crippen molar-refractivity contribution in [3.63, 3.8) is 0 Å². The quantitative estimate of drug-likeness (QED) is 0.886. The van der Waals surface area contributed by atoms with Crippen LogP contribution in [0.4, 0.5) is 0 Å². The third-order valence-corrected chi connectivity index (χ3v) is 3.97. The van der Waals surface area contributed by atoms with E-state index in [0.29, 0.717) is 0 Å². The Morgan fingerprint density at radius 2 is 2.35 bits per heavy atom. The van der Waals surface area contributed by atoms with Crippen LogP contribution < -0.4 is 10.1 Å². The molecule has 1 heterocycles. The molecular weight excluding hydrogens is 270 g/mol. The molecule has 0 saturated carbocycles. The molecule has 2 aromatic rings. The summed E-state index contributed by atoms with van der Waals surface area (Å²) < 4.78 is 5.29. The normalized spacial score (nSPS) is 11.8. The zero-order valence-corrected chi connectivity index (χ0v) is 12.4. The molecule has 0 aliphatic heterocycles. The van der Waals surface area contributed by atoms with Crippen molar-refractivity contribution in [1.82, 2.24) is 10.3 Å². The lowest BCUT2D eigenvalue weighted by atomic mass is 10.2. The van der Waals surface area contributed by atoms with E-state index >= 15 is 0 Å². The van der Waals surface area contributed by atoms with E-state index in [1.165, 1.54) is 0 Å². The van der Waals surface area contributed by atoms with E-state index in [1.54, 1.807) is 11.3 Å². The predicted octanol–water partition coefficient (Wildman–Crippen LogP) is 3.20. The van der Waals surface area contributed by atoms with Crippen LogP contribution in [-0.2, 0) is 6.54 Å². The van der Waals surface area contributed by atoms with Crippen molar-refractivity contribution in [2.75, 3.05) is 6.61 Å². The van der Waals surface area contributed by atoms with E-state index in [1.807, 2.05) is 37.3 Å². The summed E-state index contributed by atoms with van der Waals surface area (Å²) >= 11 is 1.67. The van der Waals surface area contributed by atoms with Gasteiger partial charge in [-0.3, -0.25) is 0 Å². The number of hydrogen-bond donors (Lipinski definition) is 1. The number of aryl methyl sites for hydroxylation is 1. The molecule has 0 bridgehead atoms. The molecule has 104 valence electrons. The van der Waals surface area contributed by atoms with Crippen LogP contribution in [0.15, 0.2) is 29.6 Å². The fourth-order valence-corrected chi connectivity index (χ4v) is 2.62. The summed E-state index contributed by atoms with van der Waals surface area (Å²) in [5, 5.41) is 15.1. The zero-order valence-electron chi connectivity index (χ0n) is 11.6. The maximum absolute atomic E-state index is 8.51. The summed E-state index contributed by atoms with van der Waals surface area (Å²) in [7, 11) is 0. The Hall–Kier alpha value is -1.90. The summed E-state index contributed by atoms with van der Waals surface area (Å²) in [5.41, 5.74) is 2.19. The second-order valence-electron chi connectivity index (χ2n) is 4.52. The smallest absolute Gasteiger partial charge is 0.174 e. The fraction of sp³-hybridized carbons (Fsp3) is 0.333. The van der Waals surface area contributed by atoms with E-state index in [2.05, 4.69) is 22.6 Å². The maximum Gasteiger partial charge on any atom is 0.174 e. The molecule has 0 radical (unpaired) electrons. The average Bonchev–Trinajstić information content (AvgIpc) is 2.90. The largest absolute Gasteiger partial charge is 0.479 e. The van der Waals surface area contributed by atoms with Gasteiger partial charge in [0.15, 0.2) is 6.61 Å². The highest BCUT2D eigenvalue weighted by Gasteiger charge is 2.08. The molecule has 5 heteroatoms. The van der Waals surface area contributed by atoms with Crippen molar-refractivity contribution in [3.05, 3.63) is 45.9 Å². The number of nitrogens with zero attached hydrogens (tertiary/aromatic N) is 2. The molecule has 1 N–H and O–H groups in total. The number of aromatic nitrogens is 1. The molecule has 2 rings (SSSR count). The van der Waals surface area contributed by atoms with Crippen molar-refractivity contribution < 1.29 is 4.74 Å². The molecule has 4 nitrogen and oxygen atoms in total. The van der Waals surface area contributed by atoms with Crippen molar-refractivity contribution >= 4 is 11.3 Å². The monoisotopic (exact) mass is 287 g/mol. The van der Waals surface area contributed by atoms with E-state index in [0.717, 1.165) is 28.6 Å². The van der Waals surface area contributed by atoms with Gasteiger partial charge in [0.25, 0.3) is 0 Å². The Kier molecular flexibility index (Phi) is 5.10. The molecule has 0 aliphatic carbocycles. The second-order valence-corrected chi connectivity index (χ2v) is 5.41. The van der Waals surface area contributed by atoms with E-state index in [9.17, 15) is 0 Å². The molecule has 1 aromatic carbocycles. The summed E-state index contributed by atoms with van der Waals surface area (Å²) in [6, 6.07) is 9.96. The summed E-state index contributed by atoms with van der Waals surface area (Å²) in [6.45, 7) is 4.92. The highest BCUT2D eigenvalue weighted by atomic mass is 32.1. The first-order chi connectivity index (χ1) is 9.69. The van der Waals surface area contributed by atoms with Gasteiger partial charge in [0, 0.05) is 17.6 Å². The second kappa shape index (κ2) is 7.04. The van der Waals surface area contributed by atoms with Gasteiger partial charge in [0.1, 0.15) is 16.8 Å². The molecule has 20 heavy (non-hydrogen) atoms. The molecule has 0 aliphatic rings. The lowest BCUT2D eigenvalue weighted by Gasteiger charge is -2.12. The number of benzene rings is 1. The number of hydrogen-bond acceptors (Lipinski definition) is 5. The van der Waals surface area contributed by atoms with Gasteiger partial charge in [-0.2, -0.15) is 5.26 Å². The Labute approximate surface area is 123 Å². The van der Waals surface area contributed by atoms with Gasteiger partial charge in [-0.25, -0.2) is 4.98 Å². The molecule has 1 atom stereocenters. The van der Waals surface area contributed by atoms with Crippen LogP contribution in [0.2, 0.25) is 0 Å². The summed E-state index contributed by atoms with van der Waals surface area (Å²) in [5.74, 6) is 0.726. The van der Waals surface area contributed by atoms with Gasteiger partial charge in [-0.15, -0.1) is 11.3 Å². The number of nitrogens with one attached hydrogen (secondary N) is 1. The third-order valence-electron chi connectivity index (χ3n) is 2.82. The minimum atomic E-state index is 0.0751. The van der Waals surface area contributed by atoms with Crippen LogP contribution in [0, 0.1) is 18.3 Å². The lowest BCUT2D eigenvalue weighted by Crippen LogP contribution is -2.18. The van der Waals surface area contributed by atoms with Crippen molar-refractivity contribution in [2.24, 2.45) is 0 Å². The lowest BCUT2D eigenvalue weighted by molar-refractivity contribution is 0.367. The van der Waals surface area contributed by atoms with Crippen LogP contribution in [0.1, 0.15) is 29.2 Å².